The van der Waals surface area contributed by atoms with E-state index in [1.165, 1.54) is 5.56 Å². The number of hydrogen-bond donors (Lipinski definition) is 1. The van der Waals surface area contributed by atoms with E-state index in [1.54, 1.807) is 4.80 Å². The zero-order chi connectivity index (χ0) is 24.2. The largest absolute Gasteiger partial charge is 0.505 e. The quantitative estimate of drug-likeness (QED) is 0.371. The predicted octanol–water partition coefficient (Wildman–Crippen LogP) is 7.05. The minimum Gasteiger partial charge on any atom is -0.505 e. The lowest BCUT2D eigenvalue weighted by molar-refractivity contribution is 0.438. The molecular weight excluding hydrogens is 406 g/mol. The SMILES string of the molecule is CC(C)(C)c1cc(-n2nc3cccc(C(C)(C)c4ccccc4)c3n2)c(O)c(C(C)(C)C)c1. The lowest BCUT2D eigenvalue weighted by atomic mass is 9.77. The fourth-order valence-corrected chi connectivity index (χ4v) is 4.33. The minimum absolute atomic E-state index is 0.0739. The van der Waals surface area contributed by atoms with Crippen LogP contribution in [0.4, 0.5) is 0 Å². The number of benzene rings is 3. The molecule has 0 saturated carbocycles. The summed E-state index contributed by atoms with van der Waals surface area (Å²) in [5, 5.41) is 21.0. The van der Waals surface area contributed by atoms with Crippen molar-refractivity contribution in [3.63, 3.8) is 0 Å². The third kappa shape index (κ3) is 4.15. The second-order valence-electron chi connectivity index (χ2n) is 11.5. The number of phenolic OH excluding ortho intramolecular Hbond substituents is 1. The van der Waals surface area contributed by atoms with Crippen LogP contribution in [-0.2, 0) is 16.2 Å². The molecular formula is C29H35N3O. The molecule has 0 spiro atoms. The maximum absolute atomic E-state index is 11.3. The van der Waals surface area contributed by atoms with Crippen molar-refractivity contribution in [1.29, 1.82) is 0 Å². The zero-order valence-electron chi connectivity index (χ0n) is 21.1. The molecule has 1 N–H and O–H groups in total. The summed E-state index contributed by atoms with van der Waals surface area (Å²) in [5.74, 6) is 0.236. The highest BCUT2D eigenvalue weighted by Crippen LogP contribution is 2.40. The summed E-state index contributed by atoms with van der Waals surface area (Å²) in [4.78, 5) is 1.61. The Morgan fingerprint density at radius 3 is 1.94 bits per heavy atom. The summed E-state index contributed by atoms with van der Waals surface area (Å²) in [5.41, 5.74) is 6.13. The van der Waals surface area contributed by atoms with E-state index in [1.807, 2.05) is 24.3 Å². The first-order valence-corrected chi connectivity index (χ1v) is 11.6. The smallest absolute Gasteiger partial charge is 0.146 e. The number of aromatic hydroxyl groups is 1. The maximum Gasteiger partial charge on any atom is 0.146 e. The van der Waals surface area contributed by atoms with Crippen LogP contribution in [0, 0.1) is 0 Å². The second kappa shape index (κ2) is 7.72. The molecule has 0 unspecified atom stereocenters. The predicted molar refractivity (Wildman–Crippen MR) is 136 cm³/mol. The van der Waals surface area contributed by atoms with Gasteiger partial charge in [0.15, 0.2) is 0 Å². The van der Waals surface area contributed by atoms with Crippen molar-refractivity contribution in [3.05, 3.63) is 82.9 Å². The highest BCUT2D eigenvalue weighted by Gasteiger charge is 2.29. The van der Waals surface area contributed by atoms with Gasteiger partial charge < -0.3 is 5.11 Å². The molecule has 4 heteroatoms. The Morgan fingerprint density at radius 2 is 1.33 bits per heavy atom. The number of hydrogen-bond acceptors (Lipinski definition) is 3. The Hall–Kier alpha value is -3.14. The molecule has 3 aromatic carbocycles. The number of phenols is 1. The van der Waals surface area contributed by atoms with Crippen molar-refractivity contribution in [3.8, 4) is 11.4 Å². The van der Waals surface area contributed by atoms with Crippen LogP contribution in [0.1, 0.15) is 77.6 Å². The zero-order valence-corrected chi connectivity index (χ0v) is 21.1. The molecule has 0 amide bonds. The first-order chi connectivity index (χ1) is 15.3. The third-order valence-electron chi connectivity index (χ3n) is 6.56. The summed E-state index contributed by atoms with van der Waals surface area (Å²) in [7, 11) is 0. The molecule has 0 aliphatic carbocycles. The first-order valence-electron chi connectivity index (χ1n) is 11.6. The minimum atomic E-state index is -0.243. The average molecular weight is 442 g/mol. The van der Waals surface area contributed by atoms with E-state index in [2.05, 4.69) is 91.8 Å². The Balaban J connectivity index is 1.95. The number of nitrogens with zero attached hydrogens (tertiary/aromatic N) is 3. The molecule has 4 aromatic rings. The Bertz CT molecular complexity index is 1300. The molecule has 4 rings (SSSR count). The van der Waals surface area contributed by atoms with Crippen LogP contribution in [0.25, 0.3) is 16.7 Å². The van der Waals surface area contributed by atoms with Crippen LogP contribution in [0.3, 0.4) is 0 Å². The monoisotopic (exact) mass is 441 g/mol. The number of fused-ring (bicyclic) bond motifs is 1. The van der Waals surface area contributed by atoms with Crippen molar-refractivity contribution in [2.24, 2.45) is 0 Å². The fraction of sp³-hybridized carbons (Fsp3) is 0.379. The van der Waals surface area contributed by atoms with E-state index in [9.17, 15) is 5.11 Å². The summed E-state index contributed by atoms with van der Waals surface area (Å²) in [6, 6.07) is 20.8. The van der Waals surface area contributed by atoms with Gasteiger partial charge in [0.25, 0.3) is 0 Å². The second-order valence-corrected chi connectivity index (χ2v) is 11.5. The maximum atomic E-state index is 11.3. The topological polar surface area (TPSA) is 50.9 Å². The van der Waals surface area contributed by atoms with Crippen LogP contribution in [0.2, 0.25) is 0 Å². The molecule has 0 atom stereocenters. The molecule has 0 saturated heterocycles. The van der Waals surface area contributed by atoms with Crippen LogP contribution in [0.15, 0.2) is 60.7 Å². The van der Waals surface area contributed by atoms with Crippen molar-refractivity contribution < 1.29 is 5.11 Å². The van der Waals surface area contributed by atoms with Crippen LogP contribution in [0.5, 0.6) is 5.75 Å². The van der Waals surface area contributed by atoms with Gasteiger partial charge in [-0.3, -0.25) is 0 Å². The lowest BCUT2D eigenvalue weighted by Gasteiger charge is -2.27. The summed E-state index contributed by atoms with van der Waals surface area (Å²) in [6.07, 6.45) is 0. The average Bonchev–Trinajstić information content (AvgIpc) is 3.16. The van der Waals surface area contributed by atoms with Crippen LogP contribution >= 0.6 is 0 Å². The lowest BCUT2D eigenvalue weighted by Crippen LogP contribution is -2.19. The Labute approximate surface area is 197 Å². The molecule has 172 valence electrons. The fourth-order valence-electron chi connectivity index (χ4n) is 4.33. The van der Waals surface area contributed by atoms with Gasteiger partial charge in [-0.1, -0.05) is 104 Å². The van der Waals surface area contributed by atoms with Gasteiger partial charge in [-0.2, -0.15) is 0 Å². The molecule has 0 bridgehead atoms. The van der Waals surface area contributed by atoms with Crippen molar-refractivity contribution in [2.75, 3.05) is 0 Å². The molecule has 4 nitrogen and oxygen atoms in total. The number of rotatable bonds is 3. The van der Waals surface area contributed by atoms with Crippen molar-refractivity contribution in [1.82, 2.24) is 15.0 Å². The van der Waals surface area contributed by atoms with Crippen molar-refractivity contribution >= 4 is 11.0 Å². The van der Waals surface area contributed by atoms with Crippen LogP contribution in [-0.4, -0.2) is 20.1 Å². The van der Waals surface area contributed by atoms with Gasteiger partial charge in [-0.25, -0.2) is 0 Å². The Morgan fingerprint density at radius 1 is 0.667 bits per heavy atom. The molecule has 0 fully saturated rings. The van der Waals surface area contributed by atoms with E-state index in [0.29, 0.717) is 5.69 Å². The molecule has 0 aliphatic rings. The first kappa shape index (κ1) is 23.0. The van der Waals surface area contributed by atoms with Gasteiger partial charge >= 0.3 is 0 Å². The van der Waals surface area contributed by atoms with Gasteiger partial charge in [0, 0.05) is 11.0 Å². The number of aromatic nitrogens is 3. The summed E-state index contributed by atoms with van der Waals surface area (Å²) in [6.45, 7) is 17.3. The van der Waals surface area contributed by atoms with Gasteiger partial charge in [0.05, 0.1) is 0 Å². The van der Waals surface area contributed by atoms with Gasteiger partial charge in [0.1, 0.15) is 22.5 Å². The standard InChI is InChI=1S/C29H35N3O/c1-27(2,3)20-17-22(28(4,5)6)26(33)24(18-20)32-30-23-16-12-15-21(25(23)31-32)29(7,8)19-13-10-9-11-14-19/h9-18,33H,1-8H3. The van der Waals surface area contributed by atoms with Gasteiger partial charge in [-0.15, -0.1) is 15.0 Å². The van der Waals surface area contributed by atoms with E-state index >= 15 is 0 Å². The normalized spacial score (nSPS) is 13.0. The Kier molecular flexibility index (Phi) is 5.39. The molecule has 1 aromatic heterocycles. The van der Waals surface area contributed by atoms with E-state index < -0.39 is 0 Å². The highest BCUT2D eigenvalue weighted by atomic mass is 16.3. The molecule has 1 heterocycles. The van der Waals surface area contributed by atoms with E-state index in [4.69, 9.17) is 10.2 Å². The highest BCUT2D eigenvalue weighted by molar-refractivity contribution is 5.80. The molecule has 0 aliphatic heterocycles. The third-order valence-corrected chi connectivity index (χ3v) is 6.56. The summed E-state index contributed by atoms with van der Waals surface area (Å²) >= 11 is 0. The van der Waals surface area contributed by atoms with E-state index in [0.717, 1.165) is 27.7 Å². The van der Waals surface area contributed by atoms with E-state index in [-0.39, 0.29) is 22.0 Å². The van der Waals surface area contributed by atoms with Crippen molar-refractivity contribution in [2.45, 2.75) is 71.6 Å². The summed E-state index contributed by atoms with van der Waals surface area (Å²) < 4.78 is 0. The molecule has 33 heavy (non-hydrogen) atoms. The molecule has 0 radical (unpaired) electrons. The van der Waals surface area contributed by atoms with Gasteiger partial charge in [-0.05, 0) is 39.7 Å². The van der Waals surface area contributed by atoms with Gasteiger partial charge in [0.2, 0.25) is 0 Å². The van der Waals surface area contributed by atoms with Crippen LogP contribution < -0.4 is 0 Å².